The number of hydrogen-bond acceptors (Lipinski definition) is 4. The summed E-state index contributed by atoms with van der Waals surface area (Å²) in [4.78, 5) is 4.03. The average Bonchev–Trinajstić information content (AvgIpc) is 2.93. The molecule has 6 heteroatoms. The van der Waals surface area contributed by atoms with E-state index in [1.807, 2.05) is 0 Å². The van der Waals surface area contributed by atoms with Gasteiger partial charge in [-0.1, -0.05) is 23.2 Å². The van der Waals surface area contributed by atoms with Crippen LogP contribution in [0.15, 0.2) is 34.9 Å². The molecular formula is C12H7Cl2NO2S. The number of thiazole rings is 1. The van der Waals surface area contributed by atoms with Crippen molar-refractivity contribution >= 4 is 45.5 Å². The number of rotatable bonds is 2. The molecule has 1 atom stereocenters. The number of fused-ring (bicyclic) bond motifs is 1. The molecule has 18 heavy (non-hydrogen) atoms. The van der Waals surface area contributed by atoms with Gasteiger partial charge in [0.1, 0.15) is 20.7 Å². The van der Waals surface area contributed by atoms with Crippen molar-refractivity contribution in [1.82, 2.24) is 4.98 Å². The molecule has 3 rings (SSSR count). The molecule has 0 saturated heterocycles. The molecule has 0 aliphatic rings. The molecule has 0 bridgehead atoms. The van der Waals surface area contributed by atoms with Crippen molar-refractivity contribution < 1.29 is 9.52 Å². The van der Waals surface area contributed by atoms with Crippen molar-refractivity contribution in [3.63, 3.8) is 0 Å². The van der Waals surface area contributed by atoms with Crippen LogP contribution in [0.25, 0.3) is 11.0 Å². The van der Waals surface area contributed by atoms with Gasteiger partial charge in [-0.15, -0.1) is 11.3 Å². The third-order valence-corrected chi connectivity index (χ3v) is 3.90. The highest BCUT2D eigenvalue weighted by molar-refractivity contribution is 7.15. The number of halogens is 2. The fourth-order valence-electron chi connectivity index (χ4n) is 1.68. The summed E-state index contributed by atoms with van der Waals surface area (Å²) >= 11 is 12.9. The summed E-state index contributed by atoms with van der Waals surface area (Å²) in [5.41, 5.74) is 0.677. The van der Waals surface area contributed by atoms with Gasteiger partial charge in [-0.25, -0.2) is 4.98 Å². The van der Waals surface area contributed by atoms with E-state index in [1.54, 1.807) is 24.3 Å². The van der Waals surface area contributed by atoms with Gasteiger partial charge < -0.3 is 9.52 Å². The Morgan fingerprint density at radius 3 is 2.83 bits per heavy atom. The first kappa shape index (κ1) is 12.0. The van der Waals surface area contributed by atoms with Gasteiger partial charge in [0.15, 0.2) is 6.10 Å². The average molecular weight is 300 g/mol. The minimum atomic E-state index is -0.909. The van der Waals surface area contributed by atoms with E-state index in [0.29, 0.717) is 25.7 Å². The van der Waals surface area contributed by atoms with Crippen molar-refractivity contribution in [2.75, 3.05) is 0 Å². The van der Waals surface area contributed by atoms with E-state index in [1.165, 1.54) is 17.5 Å². The molecule has 3 nitrogen and oxygen atoms in total. The van der Waals surface area contributed by atoms with E-state index in [4.69, 9.17) is 27.6 Å². The lowest BCUT2D eigenvalue weighted by molar-refractivity contribution is 0.192. The molecule has 92 valence electrons. The van der Waals surface area contributed by atoms with Crippen LogP contribution in [0.1, 0.15) is 16.9 Å². The van der Waals surface area contributed by atoms with Crippen LogP contribution < -0.4 is 0 Å². The number of nitrogens with zero attached hydrogens (tertiary/aromatic N) is 1. The fraction of sp³-hybridized carbons (Fsp3) is 0.0833. The Bertz CT molecular complexity index is 707. The van der Waals surface area contributed by atoms with Crippen molar-refractivity contribution in [3.8, 4) is 0 Å². The SMILES string of the molecule is OC(c1cc2cc(Cl)ccc2o1)c1ncc(Cl)s1. The summed E-state index contributed by atoms with van der Waals surface area (Å²) in [5, 5.41) is 12.1. The van der Waals surface area contributed by atoms with Crippen LogP contribution in [0.4, 0.5) is 0 Å². The first-order valence-electron chi connectivity index (χ1n) is 5.12. The lowest BCUT2D eigenvalue weighted by atomic mass is 10.2. The van der Waals surface area contributed by atoms with Gasteiger partial charge in [-0.3, -0.25) is 0 Å². The number of furan rings is 1. The lowest BCUT2D eigenvalue weighted by Gasteiger charge is -2.01. The molecule has 0 radical (unpaired) electrons. The Morgan fingerprint density at radius 1 is 1.28 bits per heavy atom. The maximum absolute atomic E-state index is 10.1. The number of benzene rings is 1. The van der Waals surface area contributed by atoms with Crippen LogP contribution in [0.2, 0.25) is 9.36 Å². The minimum Gasteiger partial charge on any atom is -0.458 e. The molecule has 0 aliphatic heterocycles. The number of aliphatic hydroxyl groups excluding tert-OH is 1. The monoisotopic (exact) mass is 299 g/mol. The van der Waals surface area contributed by atoms with Crippen molar-refractivity contribution in [2.45, 2.75) is 6.10 Å². The molecular weight excluding hydrogens is 293 g/mol. The topological polar surface area (TPSA) is 46.3 Å². The van der Waals surface area contributed by atoms with Crippen molar-refractivity contribution in [2.24, 2.45) is 0 Å². The van der Waals surface area contributed by atoms with Gasteiger partial charge in [0, 0.05) is 10.4 Å². The molecule has 2 heterocycles. The predicted octanol–water partition coefficient (Wildman–Crippen LogP) is 4.28. The van der Waals surface area contributed by atoms with Gasteiger partial charge in [-0.2, -0.15) is 0 Å². The van der Waals surface area contributed by atoms with E-state index in [0.717, 1.165) is 5.39 Å². The fourth-order valence-corrected chi connectivity index (χ4v) is 2.79. The third kappa shape index (κ3) is 2.12. The third-order valence-electron chi connectivity index (χ3n) is 2.50. The highest BCUT2D eigenvalue weighted by Crippen LogP contribution is 2.32. The zero-order valence-corrected chi connectivity index (χ0v) is 11.3. The summed E-state index contributed by atoms with van der Waals surface area (Å²) in [5.74, 6) is 0.429. The molecule has 1 unspecified atom stereocenters. The second-order valence-electron chi connectivity index (χ2n) is 3.74. The second-order valence-corrected chi connectivity index (χ2v) is 5.87. The smallest absolute Gasteiger partial charge is 0.163 e. The summed E-state index contributed by atoms with van der Waals surface area (Å²) in [6.45, 7) is 0. The van der Waals surface area contributed by atoms with Crippen LogP contribution >= 0.6 is 34.5 Å². The van der Waals surface area contributed by atoms with E-state index in [2.05, 4.69) is 4.98 Å². The predicted molar refractivity (Wildman–Crippen MR) is 72.4 cm³/mol. The zero-order chi connectivity index (χ0) is 12.7. The number of aromatic nitrogens is 1. The minimum absolute atomic E-state index is 0.429. The molecule has 2 aromatic heterocycles. The Kier molecular flexibility index (Phi) is 3.03. The van der Waals surface area contributed by atoms with Crippen LogP contribution in [-0.2, 0) is 0 Å². The largest absolute Gasteiger partial charge is 0.458 e. The number of hydrogen-bond donors (Lipinski definition) is 1. The highest BCUT2D eigenvalue weighted by Gasteiger charge is 2.19. The molecule has 1 aromatic carbocycles. The maximum Gasteiger partial charge on any atom is 0.163 e. The van der Waals surface area contributed by atoms with Gasteiger partial charge in [0.05, 0.1) is 6.20 Å². The van der Waals surface area contributed by atoms with Crippen LogP contribution in [-0.4, -0.2) is 10.1 Å². The Morgan fingerprint density at radius 2 is 2.11 bits per heavy atom. The van der Waals surface area contributed by atoms with E-state index >= 15 is 0 Å². The van der Waals surface area contributed by atoms with Gasteiger partial charge in [0.25, 0.3) is 0 Å². The van der Waals surface area contributed by atoms with E-state index < -0.39 is 6.10 Å². The summed E-state index contributed by atoms with van der Waals surface area (Å²) < 4.78 is 6.09. The molecule has 0 saturated carbocycles. The van der Waals surface area contributed by atoms with E-state index in [-0.39, 0.29) is 0 Å². The molecule has 0 amide bonds. The molecule has 1 N–H and O–H groups in total. The molecule has 0 fully saturated rings. The van der Waals surface area contributed by atoms with Crippen molar-refractivity contribution in [1.29, 1.82) is 0 Å². The summed E-state index contributed by atoms with van der Waals surface area (Å²) in [7, 11) is 0. The van der Waals surface area contributed by atoms with E-state index in [9.17, 15) is 5.11 Å². The van der Waals surface area contributed by atoms with Gasteiger partial charge in [-0.05, 0) is 24.3 Å². The van der Waals surface area contributed by atoms with Crippen LogP contribution in [0, 0.1) is 0 Å². The Hall–Kier alpha value is -1.07. The first-order valence-corrected chi connectivity index (χ1v) is 6.69. The highest BCUT2D eigenvalue weighted by atomic mass is 35.5. The number of aliphatic hydroxyl groups is 1. The van der Waals surface area contributed by atoms with Gasteiger partial charge in [0.2, 0.25) is 0 Å². The standard InChI is InChI=1S/C12H7Cl2NO2S/c13-7-1-2-8-6(3-7)4-9(17-8)11(16)12-15-5-10(14)18-12/h1-5,11,16H. The molecule has 0 aliphatic carbocycles. The second kappa shape index (κ2) is 4.55. The van der Waals surface area contributed by atoms with Crippen LogP contribution in [0.3, 0.4) is 0 Å². The Labute approximate surface area is 117 Å². The molecule has 0 spiro atoms. The zero-order valence-electron chi connectivity index (χ0n) is 8.93. The first-order chi connectivity index (χ1) is 8.63. The van der Waals surface area contributed by atoms with Gasteiger partial charge >= 0.3 is 0 Å². The maximum atomic E-state index is 10.1. The normalized spacial score (nSPS) is 13.1. The lowest BCUT2D eigenvalue weighted by Crippen LogP contribution is -1.96. The summed E-state index contributed by atoms with van der Waals surface area (Å²) in [6, 6.07) is 7.04. The summed E-state index contributed by atoms with van der Waals surface area (Å²) in [6.07, 6.45) is 0.596. The van der Waals surface area contributed by atoms with Crippen molar-refractivity contribution in [3.05, 3.63) is 50.6 Å². The Balaban J connectivity index is 2.03. The molecule has 3 aromatic rings. The van der Waals surface area contributed by atoms with Crippen LogP contribution in [0.5, 0.6) is 0 Å². The quantitative estimate of drug-likeness (QED) is 0.768.